The molecule has 0 saturated heterocycles. The van der Waals surface area contributed by atoms with Crippen LogP contribution in [0.2, 0.25) is 0 Å². The average molecular weight is 546 g/mol. The number of fused-ring (bicyclic) bond motifs is 2. The first kappa shape index (κ1) is 27.1. The van der Waals surface area contributed by atoms with Crippen LogP contribution in [0.3, 0.4) is 0 Å². The molecule has 4 rings (SSSR count). The highest BCUT2D eigenvalue weighted by atomic mass is 32.2. The Morgan fingerprint density at radius 2 is 1.86 bits per heavy atom. The van der Waals surface area contributed by atoms with Crippen molar-refractivity contribution in [1.29, 1.82) is 0 Å². The normalized spacial score (nSPS) is 23.6. The summed E-state index contributed by atoms with van der Waals surface area (Å²) in [6.45, 7) is 8.18. The van der Waals surface area contributed by atoms with Crippen LogP contribution in [-0.4, -0.2) is 38.5 Å². The van der Waals surface area contributed by atoms with Crippen LogP contribution in [0.5, 0.6) is 0 Å². The first-order valence-corrected chi connectivity index (χ1v) is 15.3. The Morgan fingerprint density at radius 1 is 1.19 bits per heavy atom. The molecule has 9 nitrogen and oxygen atoms in total. The van der Waals surface area contributed by atoms with Crippen LogP contribution in [0, 0.1) is 5.41 Å². The smallest absolute Gasteiger partial charge is 0.348 e. The van der Waals surface area contributed by atoms with Crippen LogP contribution in [0.25, 0.3) is 5.76 Å². The lowest BCUT2D eigenvalue weighted by Crippen LogP contribution is -2.43. The lowest BCUT2D eigenvalue weighted by atomic mass is 9.65. The number of anilines is 2. The van der Waals surface area contributed by atoms with Crippen LogP contribution in [0.1, 0.15) is 51.7 Å². The highest BCUT2D eigenvalue weighted by molar-refractivity contribution is 7.92. The molecule has 11 heteroatoms. The van der Waals surface area contributed by atoms with E-state index >= 15 is 0 Å². The number of nitrogens with one attached hydrogen (secondary N) is 2. The first-order chi connectivity index (χ1) is 17.1. The minimum atomic E-state index is -3.93. The summed E-state index contributed by atoms with van der Waals surface area (Å²) < 4.78 is 49.2. The summed E-state index contributed by atoms with van der Waals surface area (Å²) in [5, 5.41) is 14.5. The molecule has 1 aliphatic heterocycles. The number of aliphatic hydroxyl groups is 1. The number of hydrogen-bond donors (Lipinski definition) is 3. The standard InChI is InChI=1S/C26H32N3O6PS/c1-25(2,3)13-14-26(4)18-10-8-7-9-17(18)22(30)21(23(26)31)24-27-19-12-11-16(29-37(6,33)34)15-20(19)36(32,28-24)35-5/h7-12,15,29-30H,13-14H2,1-6H3,(H,27,28,32). The van der Waals surface area contributed by atoms with Crippen LogP contribution in [-0.2, 0) is 29.3 Å². The van der Waals surface area contributed by atoms with Gasteiger partial charge in [-0.25, -0.2) is 8.42 Å². The molecule has 2 aromatic rings. The van der Waals surface area contributed by atoms with E-state index < -0.39 is 23.0 Å². The van der Waals surface area contributed by atoms with Gasteiger partial charge in [0.1, 0.15) is 17.2 Å². The van der Waals surface area contributed by atoms with Crippen LogP contribution >= 0.6 is 7.52 Å². The van der Waals surface area contributed by atoms with E-state index in [2.05, 4.69) is 35.6 Å². The Kier molecular flexibility index (Phi) is 6.68. The van der Waals surface area contributed by atoms with Gasteiger partial charge in [-0.2, -0.15) is 4.76 Å². The summed E-state index contributed by atoms with van der Waals surface area (Å²) in [7, 11) is -6.27. The number of Topliss-reactive ketones (excluding diaryl/α,β-unsaturated/α-hetero) is 1. The van der Waals surface area contributed by atoms with Gasteiger partial charge in [-0.05, 0) is 48.9 Å². The number of sulfonamides is 1. The van der Waals surface area contributed by atoms with Crippen LogP contribution in [0.15, 0.2) is 52.8 Å². The van der Waals surface area contributed by atoms with Gasteiger partial charge in [-0.1, -0.05) is 45.0 Å². The maximum atomic E-state index is 14.1. The summed E-state index contributed by atoms with van der Waals surface area (Å²) in [4.78, 5) is 14.1. The van der Waals surface area contributed by atoms with Gasteiger partial charge in [0, 0.05) is 18.4 Å². The molecule has 2 atom stereocenters. The van der Waals surface area contributed by atoms with Crippen molar-refractivity contribution in [2.24, 2.45) is 10.2 Å². The highest BCUT2D eigenvalue weighted by Crippen LogP contribution is 2.53. The third-order valence-corrected chi connectivity index (χ3v) is 9.23. The number of amidine groups is 1. The SMILES string of the molecule is COP1(=O)N=C(C2=C(O)c3ccccc3C(C)(CCC(C)(C)C)C2=O)Nc2ccc(NS(C)(=O)=O)cc21. The molecule has 3 N–H and O–H groups in total. The zero-order valence-electron chi connectivity index (χ0n) is 21.7. The Morgan fingerprint density at radius 3 is 2.49 bits per heavy atom. The molecule has 2 aliphatic rings. The van der Waals surface area contributed by atoms with Gasteiger partial charge in [0.15, 0.2) is 5.78 Å². The second-order valence-corrected chi connectivity index (χ2v) is 14.7. The van der Waals surface area contributed by atoms with E-state index in [1.807, 2.05) is 19.1 Å². The number of hydrogen-bond acceptors (Lipinski definition) is 7. The van der Waals surface area contributed by atoms with E-state index in [1.165, 1.54) is 25.3 Å². The minimum Gasteiger partial charge on any atom is -0.506 e. The molecular weight excluding hydrogens is 513 g/mol. The monoisotopic (exact) mass is 545 g/mol. The molecule has 0 bridgehead atoms. The number of rotatable bonds is 6. The van der Waals surface area contributed by atoms with E-state index in [9.17, 15) is 22.9 Å². The van der Waals surface area contributed by atoms with E-state index in [0.717, 1.165) is 18.2 Å². The molecule has 0 amide bonds. The molecular formula is C26H32N3O6PS. The maximum Gasteiger partial charge on any atom is 0.348 e. The number of aliphatic hydroxyl groups excluding tert-OH is 1. The summed E-state index contributed by atoms with van der Waals surface area (Å²) >= 11 is 0. The largest absolute Gasteiger partial charge is 0.506 e. The number of ketones is 1. The van der Waals surface area contributed by atoms with Crippen molar-refractivity contribution in [2.45, 2.75) is 46.0 Å². The fourth-order valence-electron chi connectivity index (χ4n) is 4.64. The zero-order valence-corrected chi connectivity index (χ0v) is 23.5. The second-order valence-electron chi connectivity index (χ2n) is 10.9. The van der Waals surface area contributed by atoms with Gasteiger partial charge in [-0.3, -0.25) is 14.1 Å². The number of nitrogens with zero attached hydrogens (tertiary/aromatic N) is 1. The second kappa shape index (κ2) is 9.11. The minimum absolute atomic E-state index is 0.0232. The zero-order chi connectivity index (χ0) is 27.4. The van der Waals surface area contributed by atoms with Crippen molar-refractivity contribution in [1.82, 2.24) is 0 Å². The highest BCUT2D eigenvalue weighted by Gasteiger charge is 2.47. The topological polar surface area (TPSA) is 134 Å². The molecule has 0 radical (unpaired) electrons. The first-order valence-electron chi connectivity index (χ1n) is 11.8. The van der Waals surface area contributed by atoms with E-state index in [-0.39, 0.29) is 39.4 Å². The van der Waals surface area contributed by atoms with Crippen molar-refractivity contribution in [3.8, 4) is 0 Å². The van der Waals surface area contributed by atoms with Gasteiger partial charge in [0.05, 0.1) is 22.7 Å². The van der Waals surface area contributed by atoms with Gasteiger partial charge in [0.2, 0.25) is 10.0 Å². The van der Waals surface area contributed by atoms with Gasteiger partial charge < -0.3 is 14.9 Å². The number of benzene rings is 2. The fourth-order valence-corrected chi connectivity index (χ4v) is 6.73. The van der Waals surface area contributed by atoms with Crippen molar-refractivity contribution in [3.05, 3.63) is 59.2 Å². The Bertz CT molecular complexity index is 1510. The van der Waals surface area contributed by atoms with Crippen LogP contribution in [0.4, 0.5) is 11.4 Å². The summed E-state index contributed by atoms with van der Waals surface area (Å²) in [6.07, 6.45) is 2.30. The van der Waals surface area contributed by atoms with Crippen molar-refractivity contribution >= 4 is 51.6 Å². The van der Waals surface area contributed by atoms with Gasteiger partial charge in [-0.15, -0.1) is 0 Å². The van der Waals surface area contributed by atoms with Gasteiger partial charge in [0.25, 0.3) is 0 Å². The lowest BCUT2D eigenvalue weighted by molar-refractivity contribution is -0.120. The molecule has 0 fully saturated rings. The van der Waals surface area contributed by atoms with Crippen LogP contribution < -0.4 is 15.3 Å². The van der Waals surface area contributed by atoms with E-state index in [1.54, 1.807) is 12.1 Å². The molecule has 2 unspecified atom stereocenters. The summed E-state index contributed by atoms with van der Waals surface area (Å²) in [5.41, 5.74) is 0.741. The quantitative estimate of drug-likeness (QED) is 0.436. The molecule has 0 spiro atoms. The van der Waals surface area contributed by atoms with Crippen molar-refractivity contribution in [3.63, 3.8) is 0 Å². The van der Waals surface area contributed by atoms with E-state index in [0.29, 0.717) is 17.7 Å². The van der Waals surface area contributed by atoms with Crippen molar-refractivity contribution in [2.75, 3.05) is 23.4 Å². The van der Waals surface area contributed by atoms with E-state index in [4.69, 9.17) is 4.52 Å². The predicted molar refractivity (Wildman–Crippen MR) is 147 cm³/mol. The summed E-state index contributed by atoms with van der Waals surface area (Å²) in [6, 6.07) is 11.6. The molecule has 198 valence electrons. The number of carbonyl (C=O) groups is 1. The molecule has 0 saturated carbocycles. The van der Waals surface area contributed by atoms with Gasteiger partial charge >= 0.3 is 7.52 Å². The summed E-state index contributed by atoms with van der Waals surface area (Å²) in [5.74, 6) is -0.636. The maximum absolute atomic E-state index is 14.1. The predicted octanol–water partition coefficient (Wildman–Crippen LogP) is 4.98. The van der Waals surface area contributed by atoms with Crippen molar-refractivity contribution < 1.29 is 27.4 Å². The molecule has 37 heavy (non-hydrogen) atoms. The lowest BCUT2D eigenvalue weighted by Gasteiger charge is -2.38. The Balaban J connectivity index is 1.86. The Hall–Kier alpha value is -2.94. The molecule has 1 heterocycles. The number of carbonyl (C=O) groups excluding carboxylic acids is 1. The fraction of sp³-hybridized carbons (Fsp3) is 0.385. The molecule has 2 aromatic carbocycles. The third kappa shape index (κ3) is 5.10. The Labute approximate surface area is 217 Å². The average Bonchev–Trinajstić information content (AvgIpc) is 2.81. The molecule has 1 aliphatic carbocycles. The molecule has 0 aromatic heterocycles. The third-order valence-electron chi connectivity index (χ3n) is 6.69.